The molecule has 4 aromatic rings. The van der Waals surface area contributed by atoms with Crippen LogP contribution in [0.3, 0.4) is 0 Å². The van der Waals surface area contributed by atoms with Gasteiger partial charge < -0.3 is 5.32 Å². The second-order valence-corrected chi connectivity index (χ2v) is 9.72. The van der Waals surface area contributed by atoms with E-state index < -0.39 is 6.04 Å². The van der Waals surface area contributed by atoms with Gasteiger partial charge in [-0.2, -0.15) is 0 Å². The number of para-hydroxylation sites is 1. The fourth-order valence-corrected chi connectivity index (χ4v) is 5.02. The van der Waals surface area contributed by atoms with Crippen molar-refractivity contribution in [1.29, 1.82) is 0 Å². The Morgan fingerprint density at radius 2 is 1.88 bits per heavy atom. The molecule has 2 aromatic carbocycles. The summed E-state index contributed by atoms with van der Waals surface area (Å²) in [5.41, 5.74) is 3.42. The van der Waals surface area contributed by atoms with E-state index in [0.29, 0.717) is 16.6 Å². The number of nitrogens with one attached hydrogen (secondary N) is 1. The second kappa shape index (κ2) is 9.38. The van der Waals surface area contributed by atoms with Gasteiger partial charge in [-0.25, -0.2) is 4.98 Å². The number of carbonyl (C=O) groups excluding carboxylic acids is 1. The lowest BCUT2D eigenvalue weighted by atomic mass is 10.0. The average molecular weight is 510 g/mol. The summed E-state index contributed by atoms with van der Waals surface area (Å²) in [6, 6.07) is 14.9. The Bertz CT molecular complexity index is 1330. The first-order valence-corrected chi connectivity index (χ1v) is 12.2. The van der Waals surface area contributed by atoms with Crippen LogP contribution >= 0.6 is 27.3 Å². The fraction of sp³-hybridized carbons (Fsp3) is 0.240. The third-order valence-electron chi connectivity index (χ3n) is 5.54. The molecule has 1 amide bonds. The summed E-state index contributed by atoms with van der Waals surface area (Å²) in [7, 11) is 0. The number of rotatable bonds is 6. The quantitative estimate of drug-likeness (QED) is 0.318. The van der Waals surface area contributed by atoms with Gasteiger partial charge in [-0.3, -0.25) is 14.2 Å². The van der Waals surface area contributed by atoms with Crippen molar-refractivity contribution in [3.8, 4) is 11.1 Å². The van der Waals surface area contributed by atoms with Gasteiger partial charge in [0.25, 0.3) is 5.56 Å². The Kier molecular flexibility index (Phi) is 6.58. The summed E-state index contributed by atoms with van der Waals surface area (Å²) in [5, 5.41) is 5.53. The van der Waals surface area contributed by atoms with Crippen LogP contribution in [0.25, 0.3) is 21.3 Å². The summed E-state index contributed by atoms with van der Waals surface area (Å²) in [6.07, 6.45) is 1.97. The molecule has 0 aliphatic rings. The summed E-state index contributed by atoms with van der Waals surface area (Å²) >= 11 is 4.88. The Labute approximate surface area is 199 Å². The predicted octanol–water partition coefficient (Wildman–Crippen LogP) is 6.60. The number of halogens is 1. The minimum absolute atomic E-state index is 0.201. The summed E-state index contributed by atoms with van der Waals surface area (Å²) in [6.45, 7) is 6.08. The summed E-state index contributed by atoms with van der Waals surface area (Å²) in [5.74, 6) is 0.0517. The monoisotopic (exact) mass is 509 g/mol. The van der Waals surface area contributed by atoms with Crippen LogP contribution in [-0.4, -0.2) is 15.5 Å². The molecule has 5 nitrogen and oxygen atoms in total. The van der Waals surface area contributed by atoms with Crippen molar-refractivity contribution < 1.29 is 4.79 Å². The van der Waals surface area contributed by atoms with Crippen LogP contribution in [0.4, 0.5) is 5.69 Å². The maximum absolute atomic E-state index is 13.5. The SMILES string of the molecule is CCC(C(=O)Nc1ccccc1C(C)C)n1cnc2scc(-c3ccc(Br)cc3)c2c1=O. The van der Waals surface area contributed by atoms with E-state index in [2.05, 4.69) is 40.1 Å². The molecule has 0 spiro atoms. The highest BCUT2D eigenvalue weighted by Gasteiger charge is 2.23. The fourth-order valence-electron chi connectivity index (χ4n) is 3.85. The van der Waals surface area contributed by atoms with Crippen LogP contribution in [0, 0.1) is 0 Å². The first-order chi connectivity index (χ1) is 15.4. The standard InChI is InChI=1S/C25H24BrN3O2S/c1-4-21(23(30)28-20-8-6-5-7-18(20)15(2)3)29-14-27-24-22(25(29)31)19(13-32-24)16-9-11-17(26)12-10-16/h5-15,21H,4H2,1-3H3,(H,28,30). The summed E-state index contributed by atoms with van der Waals surface area (Å²) < 4.78 is 2.44. The Morgan fingerprint density at radius 3 is 2.56 bits per heavy atom. The largest absolute Gasteiger partial charge is 0.324 e. The molecule has 0 aliphatic heterocycles. The number of thiophene rings is 1. The van der Waals surface area contributed by atoms with Gasteiger partial charge in [-0.1, -0.05) is 67.0 Å². The molecule has 4 rings (SSSR count). The molecule has 0 fully saturated rings. The minimum Gasteiger partial charge on any atom is -0.324 e. The zero-order valence-corrected chi connectivity index (χ0v) is 20.5. The molecular formula is C25H24BrN3O2S. The number of fused-ring (bicyclic) bond motifs is 1. The molecule has 2 heterocycles. The maximum atomic E-state index is 13.5. The van der Waals surface area contributed by atoms with Gasteiger partial charge in [-0.05, 0) is 41.7 Å². The van der Waals surface area contributed by atoms with E-state index in [0.717, 1.165) is 26.9 Å². The molecule has 0 bridgehead atoms. The summed E-state index contributed by atoms with van der Waals surface area (Å²) in [4.78, 5) is 31.9. The zero-order chi connectivity index (χ0) is 22.8. The van der Waals surface area contributed by atoms with Crippen LogP contribution in [0.1, 0.15) is 44.7 Å². The van der Waals surface area contributed by atoms with Crippen molar-refractivity contribution in [1.82, 2.24) is 9.55 Å². The Morgan fingerprint density at radius 1 is 1.16 bits per heavy atom. The van der Waals surface area contributed by atoms with Gasteiger partial charge in [0, 0.05) is 21.1 Å². The highest BCUT2D eigenvalue weighted by Crippen LogP contribution is 2.32. The van der Waals surface area contributed by atoms with Gasteiger partial charge >= 0.3 is 0 Å². The molecule has 2 aromatic heterocycles. The molecular weight excluding hydrogens is 486 g/mol. The molecule has 7 heteroatoms. The molecule has 1 atom stereocenters. The van der Waals surface area contributed by atoms with E-state index in [-0.39, 0.29) is 17.4 Å². The van der Waals surface area contributed by atoms with Crippen molar-refractivity contribution in [3.63, 3.8) is 0 Å². The molecule has 164 valence electrons. The first-order valence-electron chi connectivity index (χ1n) is 10.5. The Hall–Kier alpha value is -2.77. The number of hydrogen-bond acceptors (Lipinski definition) is 4. The highest BCUT2D eigenvalue weighted by atomic mass is 79.9. The second-order valence-electron chi connectivity index (χ2n) is 7.95. The first kappa shape index (κ1) is 22.4. The normalized spacial score (nSPS) is 12.3. The molecule has 1 N–H and O–H groups in total. The third-order valence-corrected chi connectivity index (χ3v) is 6.96. The van der Waals surface area contributed by atoms with E-state index in [1.165, 1.54) is 22.2 Å². The minimum atomic E-state index is -0.655. The highest BCUT2D eigenvalue weighted by molar-refractivity contribution is 9.10. The molecule has 32 heavy (non-hydrogen) atoms. The van der Waals surface area contributed by atoms with E-state index >= 15 is 0 Å². The van der Waals surface area contributed by atoms with E-state index in [1.54, 1.807) is 0 Å². The van der Waals surface area contributed by atoms with Crippen LogP contribution in [-0.2, 0) is 4.79 Å². The average Bonchev–Trinajstić information content (AvgIpc) is 3.21. The van der Waals surface area contributed by atoms with Crippen molar-refractivity contribution in [2.75, 3.05) is 5.32 Å². The van der Waals surface area contributed by atoms with Crippen molar-refractivity contribution in [2.45, 2.75) is 39.2 Å². The number of carbonyl (C=O) groups is 1. The van der Waals surface area contributed by atoms with E-state index in [9.17, 15) is 9.59 Å². The van der Waals surface area contributed by atoms with Gasteiger partial charge in [0.05, 0.1) is 11.7 Å². The van der Waals surface area contributed by atoms with Gasteiger partial charge in [0.2, 0.25) is 5.91 Å². The number of amides is 1. The van der Waals surface area contributed by atoms with E-state index in [1.807, 2.05) is 60.8 Å². The van der Waals surface area contributed by atoms with Crippen LogP contribution in [0.5, 0.6) is 0 Å². The molecule has 0 radical (unpaired) electrons. The lowest BCUT2D eigenvalue weighted by Gasteiger charge is -2.20. The smallest absolute Gasteiger partial charge is 0.263 e. The van der Waals surface area contributed by atoms with Crippen molar-refractivity contribution >= 4 is 49.1 Å². The van der Waals surface area contributed by atoms with Gasteiger partial charge in [0.15, 0.2) is 0 Å². The van der Waals surface area contributed by atoms with E-state index in [4.69, 9.17) is 0 Å². The van der Waals surface area contributed by atoms with Crippen LogP contribution < -0.4 is 10.9 Å². The number of anilines is 1. The zero-order valence-electron chi connectivity index (χ0n) is 18.1. The maximum Gasteiger partial charge on any atom is 0.263 e. The third kappa shape index (κ3) is 4.27. The van der Waals surface area contributed by atoms with Gasteiger partial charge in [0.1, 0.15) is 10.9 Å². The number of aromatic nitrogens is 2. The number of nitrogens with zero attached hydrogens (tertiary/aromatic N) is 2. The Balaban J connectivity index is 1.74. The van der Waals surface area contributed by atoms with Crippen LogP contribution in [0.15, 0.2) is 69.5 Å². The molecule has 0 saturated carbocycles. The number of hydrogen-bond donors (Lipinski definition) is 1. The lowest BCUT2D eigenvalue weighted by Crippen LogP contribution is -2.33. The molecule has 0 aliphatic carbocycles. The lowest BCUT2D eigenvalue weighted by molar-refractivity contribution is -0.119. The molecule has 1 unspecified atom stereocenters. The van der Waals surface area contributed by atoms with Crippen molar-refractivity contribution in [2.24, 2.45) is 0 Å². The predicted molar refractivity (Wildman–Crippen MR) is 136 cm³/mol. The topological polar surface area (TPSA) is 64.0 Å². The van der Waals surface area contributed by atoms with Gasteiger partial charge in [-0.15, -0.1) is 11.3 Å². The van der Waals surface area contributed by atoms with Crippen LogP contribution in [0.2, 0.25) is 0 Å². The van der Waals surface area contributed by atoms with Crippen molar-refractivity contribution in [3.05, 3.63) is 80.6 Å². The molecule has 0 saturated heterocycles. The number of benzene rings is 2.